The van der Waals surface area contributed by atoms with Crippen LogP contribution in [0.1, 0.15) is 7.43 Å². The van der Waals surface area contributed by atoms with Crippen LogP contribution in [0.15, 0.2) is 22.9 Å². The van der Waals surface area contributed by atoms with E-state index in [1.54, 1.807) is 11.3 Å². The Labute approximate surface area is 165 Å². The summed E-state index contributed by atoms with van der Waals surface area (Å²) in [7, 11) is -18.0. The molecule has 0 fully saturated rings. The predicted molar refractivity (Wildman–Crippen MR) is 68.8 cm³/mol. The van der Waals surface area contributed by atoms with E-state index in [2.05, 4.69) is 0 Å². The van der Waals surface area contributed by atoms with Gasteiger partial charge in [0.25, 0.3) is 0 Å². The summed E-state index contributed by atoms with van der Waals surface area (Å²) in [6, 6.07) is 4.04. The molecule has 0 amide bonds. The minimum absolute atomic E-state index is 0. The predicted octanol–water partition coefficient (Wildman–Crippen LogP) is 5.64. The third kappa shape index (κ3) is 248. The van der Waals surface area contributed by atoms with Crippen LogP contribution >= 0.6 is 11.3 Å². The largest absolute Gasteiger partial charge is 0.152 e. The number of rotatable bonds is 0. The van der Waals surface area contributed by atoms with Gasteiger partial charge in [-0.15, -0.1) is 0 Å². The van der Waals surface area contributed by atoms with E-state index in [1.807, 2.05) is 22.9 Å². The molecule has 0 spiro atoms. The summed E-state index contributed by atoms with van der Waals surface area (Å²) in [5.41, 5.74) is 0. The first-order valence-electron chi connectivity index (χ1n) is 4.09. The molecule has 0 nitrogen and oxygen atoms in total. The standard InChI is InChI=1S/C4H4S.CH4.3BF4.K.H/c1-2-4-5-3-1;;3*2-1(3,4)5;;/h1-4H;1H4;;;;;/q;;3*-1;;. The molecule has 132 valence electrons. The second-order valence-electron chi connectivity index (χ2n) is 2.28. The van der Waals surface area contributed by atoms with Crippen molar-refractivity contribution in [2.24, 2.45) is 0 Å². The molecule has 0 aliphatic carbocycles. The fraction of sp³-hybridized carbons (Fsp3) is 0.200. The van der Waals surface area contributed by atoms with Gasteiger partial charge in [-0.05, 0) is 10.8 Å². The maximum Gasteiger partial charge on any atom is -0.00934 e. The molecule has 17 heteroatoms. The molecule has 0 saturated carbocycles. The molecule has 0 unspecified atom stereocenters. The zero-order chi connectivity index (χ0) is 17.0. The Balaban J connectivity index is -0.0000000567. The molecule has 0 radical (unpaired) electrons. The topological polar surface area (TPSA) is 0 Å². The smallest absolute Gasteiger partial charge is 0.00934 e. The van der Waals surface area contributed by atoms with Crippen molar-refractivity contribution in [3.63, 3.8) is 0 Å². The van der Waals surface area contributed by atoms with E-state index in [0.29, 0.717) is 0 Å². The van der Waals surface area contributed by atoms with Gasteiger partial charge in [-0.25, -0.2) is 0 Å². The average molecular weight is 401 g/mol. The first-order valence-corrected chi connectivity index (χ1v) is 5.03. The van der Waals surface area contributed by atoms with Gasteiger partial charge in [0.05, 0.1) is 0 Å². The van der Waals surface area contributed by atoms with Crippen molar-refractivity contribution in [2.45, 2.75) is 7.43 Å². The van der Waals surface area contributed by atoms with Crippen molar-refractivity contribution < 1.29 is 51.8 Å². The normalized spacial score (nSPS) is 10.0. The Morgan fingerprint density at radius 3 is 0.682 bits per heavy atom. The second kappa shape index (κ2) is 16.5. The van der Waals surface area contributed by atoms with Gasteiger partial charge in [0.1, 0.15) is 0 Å². The van der Waals surface area contributed by atoms with Gasteiger partial charge >= 0.3 is 73.1 Å². The molecule has 0 atom stereocenters. The number of hydrogen-bond donors (Lipinski definition) is 0. The fourth-order valence-electron chi connectivity index (χ4n) is 0.227. The van der Waals surface area contributed by atoms with Crippen molar-refractivity contribution in [1.29, 1.82) is 0 Å². The van der Waals surface area contributed by atoms with Crippen LogP contribution in [0, 0.1) is 0 Å². The summed E-state index contributed by atoms with van der Waals surface area (Å²) in [6.07, 6.45) is 0. The van der Waals surface area contributed by atoms with Crippen molar-refractivity contribution in [3.05, 3.63) is 22.9 Å². The van der Waals surface area contributed by atoms with E-state index in [4.69, 9.17) is 0 Å². The fourth-order valence-corrected chi connectivity index (χ4v) is 0.680. The number of halogens is 12. The van der Waals surface area contributed by atoms with E-state index in [1.165, 1.54) is 0 Å². The van der Waals surface area contributed by atoms with Crippen LogP contribution < -0.4 is 0 Å². The Bertz CT molecular complexity index is 231. The summed E-state index contributed by atoms with van der Waals surface area (Å²) in [4.78, 5) is 0. The molecule has 22 heavy (non-hydrogen) atoms. The van der Waals surface area contributed by atoms with Crippen molar-refractivity contribution in [3.8, 4) is 0 Å². The molecule has 0 N–H and O–H groups in total. The SMILES string of the molecule is C.F[B-](F)(F)F.F[B-](F)(F)F.F[B-](F)(F)F.[KH].c1ccsc1. The Kier molecular flexibility index (Phi) is 25.7. The minimum atomic E-state index is -6.00. The van der Waals surface area contributed by atoms with E-state index in [-0.39, 0.29) is 58.8 Å². The Hall–Kier alpha value is 0.691. The molecule has 0 aliphatic heterocycles. The summed E-state index contributed by atoms with van der Waals surface area (Å²) in [5.74, 6) is 0. The first kappa shape index (κ1) is 34.1. The van der Waals surface area contributed by atoms with Gasteiger partial charge < -0.3 is 51.8 Å². The molecule has 0 aromatic carbocycles. The van der Waals surface area contributed by atoms with Gasteiger partial charge in [-0.3, -0.25) is 0 Å². The van der Waals surface area contributed by atoms with Crippen molar-refractivity contribution >= 4 is 84.5 Å². The van der Waals surface area contributed by atoms with Crippen LogP contribution in [0.5, 0.6) is 0 Å². The average Bonchev–Trinajstić information content (AvgIpc) is 2.45. The van der Waals surface area contributed by atoms with Gasteiger partial charge in [0.2, 0.25) is 0 Å². The molecule has 0 bridgehead atoms. The molecule has 1 aromatic rings. The monoisotopic (exact) mass is 401 g/mol. The van der Waals surface area contributed by atoms with Crippen LogP contribution in [-0.2, 0) is 0 Å². The van der Waals surface area contributed by atoms with Crippen LogP contribution in [0.2, 0.25) is 0 Å². The van der Waals surface area contributed by atoms with E-state index in [9.17, 15) is 51.8 Å². The van der Waals surface area contributed by atoms with E-state index < -0.39 is 21.8 Å². The zero-order valence-corrected chi connectivity index (χ0v) is 9.80. The van der Waals surface area contributed by atoms with Gasteiger partial charge in [0, 0.05) is 0 Å². The molecule has 0 aliphatic rings. The van der Waals surface area contributed by atoms with Gasteiger partial charge in [0.15, 0.2) is 0 Å². The molecule has 0 saturated heterocycles. The maximum atomic E-state index is 9.75. The van der Waals surface area contributed by atoms with E-state index in [0.717, 1.165) is 0 Å². The third-order valence-electron chi connectivity index (χ3n) is 0.425. The van der Waals surface area contributed by atoms with E-state index >= 15 is 0 Å². The van der Waals surface area contributed by atoms with Crippen LogP contribution in [-0.4, -0.2) is 73.1 Å². The summed E-state index contributed by atoms with van der Waals surface area (Å²) in [5, 5.41) is 4.08. The third-order valence-corrected chi connectivity index (χ3v) is 1.05. The Morgan fingerprint density at radius 1 is 0.500 bits per heavy atom. The Morgan fingerprint density at radius 2 is 0.636 bits per heavy atom. The molecule has 1 rings (SSSR count). The maximum absolute atomic E-state index is 9.75. The molecule has 1 aromatic heterocycles. The second-order valence-corrected chi connectivity index (χ2v) is 3.09. The van der Waals surface area contributed by atoms with Crippen LogP contribution in [0.3, 0.4) is 0 Å². The zero-order valence-electron chi connectivity index (χ0n) is 8.99. The quantitative estimate of drug-likeness (QED) is 0.391. The molecular weight excluding hydrogens is 392 g/mol. The minimum Gasteiger partial charge on any atom is -0.152 e. The summed E-state index contributed by atoms with van der Waals surface area (Å²) < 4.78 is 117. The van der Waals surface area contributed by atoms with Crippen LogP contribution in [0.4, 0.5) is 51.8 Å². The number of thiophene rings is 1. The summed E-state index contributed by atoms with van der Waals surface area (Å²) >= 11 is 1.71. The number of hydrogen-bond acceptors (Lipinski definition) is 1. The first-order chi connectivity index (χ1) is 8.50. The molecule has 1 heterocycles. The van der Waals surface area contributed by atoms with Crippen molar-refractivity contribution in [2.75, 3.05) is 0 Å². The summed E-state index contributed by atoms with van der Waals surface area (Å²) in [6.45, 7) is 0. The van der Waals surface area contributed by atoms with Gasteiger partial charge in [-0.2, -0.15) is 11.3 Å². The van der Waals surface area contributed by atoms with Gasteiger partial charge in [-0.1, -0.05) is 19.6 Å². The molecular formula is C5H9B3F12KS-3. The van der Waals surface area contributed by atoms with Crippen LogP contribution in [0.25, 0.3) is 0 Å². The van der Waals surface area contributed by atoms with Crippen molar-refractivity contribution in [1.82, 2.24) is 0 Å².